The third kappa shape index (κ3) is 2.48. The van der Waals surface area contributed by atoms with Gasteiger partial charge < -0.3 is 5.73 Å². The number of hydrogen-bond donors (Lipinski definition) is 1. The molecule has 1 aromatic carbocycles. The fourth-order valence-corrected chi connectivity index (χ4v) is 1.95. The Morgan fingerprint density at radius 1 is 1.29 bits per heavy atom. The van der Waals surface area contributed by atoms with Crippen molar-refractivity contribution in [3.8, 4) is 11.1 Å². The summed E-state index contributed by atoms with van der Waals surface area (Å²) in [7, 11) is 0. The Morgan fingerprint density at radius 3 is 2.76 bits per heavy atom. The number of pyridine rings is 1. The molecule has 2 aromatic rings. The highest BCUT2D eigenvalue weighted by Crippen LogP contribution is 2.28. The predicted octanol–water partition coefficient (Wildman–Crippen LogP) is 3.73. The van der Waals surface area contributed by atoms with Crippen molar-refractivity contribution < 1.29 is 0 Å². The third-order valence-electron chi connectivity index (χ3n) is 2.86. The second-order valence-electron chi connectivity index (χ2n) is 4.21. The summed E-state index contributed by atoms with van der Waals surface area (Å²) in [6, 6.07) is 7.94. The minimum Gasteiger partial charge on any atom is -0.324 e. The van der Waals surface area contributed by atoms with Gasteiger partial charge in [-0.25, -0.2) is 0 Å². The quantitative estimate of drug-likeness (QED) is 0.877. The molecule has 0 spiro atoms. The molecular weight excluding hydrogens is 232 g/mol. The smallest absolute Gasteiger partial charge is 0.0441 e. The normalized spacial score (nSPS) is 12.5. The summed E-state index contributed by atoms with van der Waals surface area (Å²) in [6.45, 7) is 3.96. The average Bonchev–Trinajstić information content (AvgIpc) is 2.33. The van der Waals surface area contributed by atoms with Gasteiger partial charge in [0.25, 0.3) is 0 Å². The molecule has 0 saturated carbocycles. The van der Waals surface area contributed by atoms with E-state index in [1.807, 2.05) is 38.2 Å². The summed E-state index contributed by atoms with van der Waals surface area (Å²) in [5.41, 5.74) is 10.1. The number of benzene rings is 1. The fourth-order valence-electron chi connectivity index (χ4n) is 1.77. The predicted molar refractivity (Wildman–Crippen MR) is 72.0 cm³/mol. The first-order valence-electron chi connectivity index (χ1n) is 5.55. The lowest BCUT2D eigenvalue weighted by atomic mass is 10.00. The summed E-state index contributed by atoms with van der Waals surface area (Å²) in [5, 5.41) is 0.772. The van der Waals surface area contributed by atoms with Gasteiger partial charge in [0.1, 0.15) is 0 Å². The van der Waals surface area contributed by atoms with E-state index in [-0.39, 0.29) is 6.04 Å². The summed E-state index contributed by atoms with van der Waals surface area (Å²) >= 11 is 6.12. The van der Waals surface area contributed by atoms with Crippen LogP contribution in [0, 0.1) is 6.92 Å². The maximum atomic E-state index is 6.12. The van der Waals surface area contributed by atoms with Crippen molar-refractivity contribution in [2.75, 3.05) is 0 Å². The molecule has 17 heavy (non-hydrogen) atoms. The molecule has 1 heterocycles. The molecule has 0 fully saturated rings. The van der Waals surface area contributed by atoms with Gasteiger partial charge >= 0.3 is 0 Å². The Balaban J connectivity index is 2.53. The molecular formula is C14H15ClN2. The van der Waals surface area contributed by atoms with E-state index in [2.05, 4.69) is 11.1 Å². The molecule has 0 aliphatic rings. The van der Waals surface area contributed by atoms with Crippen molar-refractivity contribution >= 4 is 11.6 Å². The van der Waals surface area contributed by atoms with E-state index in [1.54, 1.807) is 6.20 Å². The van der Waals surface area contributed by atoms with Crippen molar-refractivity contribution in [1.82, 2.24) is 4.98 Å². The molecule has 0 radical (unpaired) electrons. The van der Waals surface area contributed by atoms with E-state index >= 15 is 0 Å². The van der Waals surface area contributed by atoms with Crippen LogP contribution in [-0.4, -0.2) is 4.98 Å². The van der Waals surface area contributed by atoms with Crippen molar-refractivity contribution in [3.63, 3.8) is 0 Å². The number of aromatic nitrogens is 1. The molecule has 0 aliphatic heterocycles. The first kappa shape index (κ1) is 12.1. The van der Waals surface area contributed by atoms with Crippen LogP contribution in [0.4, 0.5) is 0 Å². The lowest BCUT2D eigenvalue weighted by Gasteiger charge is -2.10. The highest BCUT2D eigenvalue weighted by molar-refractivity contribution is 6.31. The van der Waals surface area contributed by atoms with Gasteiger partial charge in [-0.1, -0.05) is 23.7 Å². The van der Waals surface area contributed by atoms with E-state index in [0.717, 1.165) is 27.3 Å². The van der Waals surface area contributed by atoms with E-state index in [9.17, 15) is 0 Å². The average molecular weight is 247 g/mol. The van der Waals surface area contributed by atoms with Crippen molar-refractivity contribution in [2.24, 2.45) is 5.73 Å². The Kier molecular flexibility index (Phi) is 3.46. The van der Waals surface area contributed by atoms with Crippen molar-refractivity contribution in [2.45, 2.75) is 19.9 Å². The van der Waals surface area contributed by atoms with E-state index in [1.165, 1.54) is 0 Å². The molecule has 1 aromatic heterocycles. The fraction of sp³-hybridized carbons (Fsp3) is 0.214. The largest absolute Gasteiger partial charge is 0.324 e. The molecule has 2 rings (SSSR count). The molecule has 2 nitrogen and oxygen atoms in total. The van der Waals surface area contributed by atoms with E-state index in [0.29, 0.717) is 0 Å². The van der Waals surface area contributed by atoms with Gasteiger partial charge in [0.05, 0.1) is 0 Å². The third-order valence-corrected chi connectivity index (χ3v) is 3.27. The molecule has 1 atom stereocenters. The van der Waals surface area contributed by atoms with Crippen LogP contribution in [0.25, 0.3) is 11.1 Å². The number of halogens is 1. The minimum absolute atomic E-state index is 0.0121. The molecule has 88 valence electrons. The van der Waals surface area contributed by atoms with Crippen LogP contribution in [-0.2, 0) is 0 Å². The molecule has 2 N–H and O–H groups in total. The van der Waals surface area contributed by atoms with Gasteiger partial charge in [0.2, 0.25) is 0 Å². The first-order valence-corrected chi connectivity index (χ1v) is 5.93. The monoisotopic (exact) mass is 246 g/mol. The van der Waals surface area contributed by atoms with Crippen molar-refractivity contribution in [3.05, 3.63) is 52.8 Å². The number of rotatable bonds is 2. The second kappa shape index (κ2) is 4.86. The van der Waals surface area contributed by atoms with E-state index in [4.69, 9.17) is 17.3 Å². The Morgan fingerprint density at radius 2 is 2.06 bits per heavy atom. The second-order valence-corrected chi connectivity index (χ2v) is 4.62. The van der Waals surface area contributed by atoms with Crippen LogP contribution >= 0.6 is 11.6 Å². The first-order chi connectivity index (χ1) is 8.09. The SMILES string of the molecule is Cc1c(Cl)cccc1-c1cncc(C(C)N)c1. The number of nitrogens with two attached hydrogens (primary N) is 1. The number of nitrogens with zero attached hydrogens (tertiary/aromatic N) is 1. The van der Waals surface area contributed by atoms with Crippen molar-refractivity contribution in [1.29, 1.82) is 0 Å². The Labute approximate surface area is 106 Å². The van der Waals surface area contributed by atoms with Gasteiger partial charge in [-0.3, -0.25) is 4.98 Å². The zero-order valence-electron chi connectivity index (χ0n) is 9.94. The summed E-state index contributed by atoms with van der Waals surface area (Å²) in [6.07, 6.45) is 3.64. The molecule has 0 saturated heterocycles. The lowest BCUT2D eigenvalue weighted by molar-refractivity contribution is 0.812. The molecule has 1 unspecified atom stereocenters. The van der Waals surface area contributed by atoms with Crippen LogP contribution in [0.3, 0.4) is 0 Å². The zero-order valence-corrected chi connectivity index (χ0v) is 10.7. The lowest BCUT2D eigenvalue weighted by Crippen LogP contribution is -2.05. The highest BCUT2D eigenvalue weighted by Gasteiger charge is 2.07. The van der Waals surface area contributed by atoms with Gasteiger partial charge in [0.15, 0.2) is 0 Å². The van der Waals surface area contributed by atoms with E-state index < -0.39 is 0 Å². The molecule has 3 heteroatoms. The van der Waals surface area contributed by atoms with Crippen LogP contribution in [0.1, 0.15) is 24.1 Å². The summed E-state index contributed by atoms with van der Waals surface area (Å²) in [5.74, 6) is 0. The maximum Gasteiger partial charge on any atom is 0.0441 e. The van der Waals surface area contributed by atoms with Crippen LogP contribution in [0.2, 0.25) is 5.02 Å². The van der Waals surface area contributed by atoms with Crippen LogP contribution in [0.5, 0.6) is 0 Å². The van der Waals surface area contributed by atoms with Crippen LogP contribution < -0.4 is 5.73 Å². The summed E-state index contributed by atoms with van der Waals surface area (Å²) in [4.78, 5) is 4.23. The highest BCUT2D eigenvalue weighted by atomic mass is 35.5. The van der Waals surface area contributed by atoms with Gasteiger partial charge in [0, 0.05) is 29.0 Å². The van der Waals surface area contributed by atoms with Gasteiger partial charge in [-0.05, 0) is 42.7 Å². The topological polar surface area (TPSA) is 38.9 Å². The molecule has 0 bridgehead atoms. The van der Waals surface area contributed by atoms with Crippen LogP contribution in [0.15, 0.2) is 36.7 Å². The number of hydrogen-bond acceptors (Lipinski definition) is 2. The Bertz CT molecular complexity index is 535. The van der Waals surface area contributed by atoms with Gasteiger partial charge in [-0.15, -0.1) is 0 Å². The standard InChI is InChI=1S/C14H15ClN2/c1-9-13(4-3-5-14(9)15)12-6-11(10(2)16)7-17-8-12/h3-8,10H,16H2,1-2H3. The Hall–Kier alpha value is -1.38. The van der Waals surface area contributed by atoms with Gasteiger partial charge in [-0.2, -0.15) is 0 Å². The molecule has 0 amide bonds. The summed E-state index contributed by atoms with van der Waals surface area (Å²) < 4.78 is 0. The zero-order chi connectivity index (χ0) is 12.4. The maximum absolute atomic E-state index is 6.12. The minimum atomic E-state index is -0.0121. The molecule has 0 aliphatic carbocycles.